The summed E-state index contributed by atoms with van der Waals surface area (Å²) in [5.41, 5.74) is -0.595. The van der Waals surface area contributed by atoms with Gasteiger partial charge in [-0.2, -0.15) is 0 Å². The van der Waals surface area contributed by atoms with Crippen molar-refractivity contribution in [2.75, 3.05) is 27.2 Å². The summed E-state index contributed by atoms with van der Waals surface area (Å²) in [7, 11) is 3.28. The molecule has 1 aliphatic heterocycles. The van der Waals surface area contributed by atoms with E-state index in [1.54, 1.807) is 4.90 Å². The van der Waals surface area contributed by atoms with Crippen LogP contribution in [0.2, 0.25) is 0 Å². The molecule has 1 saturated heterocycles. The minimum Gasteiger partial charge on any atom is -0.467 e. The zero-order chi connectivity index (χ0) is 16.4. The average molecular weight is 300 g/mol. The third kappa shape index (κ3) is 4.59. The van der Waals surface area contributed by atoms with Gasteiger partial charge >= 0.3 is 12.1 Å². The molecule has 1 aliphatic rings. The maximum atomic E-state index is 12.5. The summed E-state index contributed by atoms with van der Waals surface area (Å²) in [5.74, 6) is -0.189. The third-order valence-corrected chi connectivity index (χ3v) is 3.52. The lowest BCUT2D eigenvalue weighted by Gasteiger charge is -2.46. The van der Waals surface area contributed by atoms with Crippen LogP contribution in [0.5, 0.6) is 0 Å². The molecule has 1 heterocycles. The van der Waals surface area contributed by atoms with E-state index >= 15 is 0 Å². The minimum atomic E-state index is -0.629. The first-order chi connectivity index (χ1) is 9.56. The highest BCUT2D eigenvalue weighted by atomic mass is 16.6. The molecular formula is C15H28N2O4. The first kappa shape index (κ1) is 17.8. The molecule has 0 radical (unpaired) electrons. The van der Waals surface area contributed by atoms with Crippen LogP contribution in [0, 0.1) is 5.92 Å². The Morgan fingerprint density at radius 3 is 2.19 bits per heavy atom. The molecule has 0 spiro atoms. The van der Waals surface area contributed by atoms with Gasteiger partial charge in [0.1, 0.15) is 11.6 Å². The molecule has 0 aromatic heterocycles. The quantitative estimate of drug-likeness (QED) is 0.727. The largest absolute Gasteiger partial charge is 0.467 e. The van der Waals surface area contributed by atoms with Gasteiger partial charge in [0, 0.05) is 13.1 Å². The number of rotatable bonds is 2. The standard InChI is InChI=1S/C15H28N2O4/c1-10(2)11-8-16(6)9-12(13(18)20-7)17(11)14(19)21-15(3,4)5/h10-12H,8-9H2,1-7H3/t11?,12-/m1/s1. The van der Waals surface area contributed by atoms with Crippen LogP contribution in [0.25, 0.3) is 0 Å². The van der Waals surface area contributed by atoms with E-state index in [1.165, 1.54) is 7.11 Å². The molecule has 0 aliphatic carbocycles. The molecule has 21 heavy (non-hydrogen) atoms. The van der Waals surface area contributed by atoms with Gasteiger partial charge in [-0.05, 0) is 33.7 Å². The van der Waals surface area contributed by atoms with Crippen molar-refractivity contribution in [1.82, 2.24) is 9.80 Å². The SMILES string of the molecule is COC(=O)[C@H]1CN(C)CC(C(C)C)N1C(=O)OC(C)(C)C. The molecule has 0 N–H and O–H groups in total. The van der Waals surface area contributed by atoms with Gasteiger partial charge in [0.2, 0.25) is 0 Å². The number of amides is 1. The van der Waals surface area contributed by atoms with Gasteiger partial charge in [0.25, 0.3) is 0 Å². The number of piperazine rings is 1. The zero-order valence-electron chi connectivity index (χ0n) is 14.2. The topological polar surface area (TPSA) is 59.1 Å². The lowest BCUT2D eigenvalue weighted by atomic mass is 9.97. The number of carbonyl (C=O) groups excluding carboxylic acids is 2. The third-order valence-electron chi connectivity index (χ3n) is 3.52. The zero-order valence-corrected chi connectivity index (χ0v) is 14.2. The van der Waals surface area contributed by atoms with E-state index in [1.807, 2.05) is 46.6 Å². The lowest BCUT2D eigenvalue weighted by molar-refractivity contribution is -0.151. The molecule has 1 unspecified atom stereocenters. The Morgan fingerprint density at radius 2 is 1.76 bits per heavy atom. The highest BCUT2D eigenvalue weighted by Crippen LogP contribution is 2.24. The summed E-state index contributed by atoms with van der Waals surface area (Å²) in [5, 5.41) is 0. The molecule has 6 nitrogen and oxygen atoms in total. The van der Waals surface area contributed by atoms with Gasteiger partial charge < -0.3 is 14.4 Å². The first-order valence-corrected chi connectivity index (χ1v) is 7.34. The van der Waals surface area contributed by atoms with Gasteiger partial charge in [0.05, 0.1) is 13.2 Å². The number of likely N-dealkylation sites (N-methyl/N-ethyl adjacent to an activating group) is 1. The van der Waals surface area contributed by atoms with Crippen molar-refractivity contribution in [2.24, 2.45) is 5.92 Å². The number of hydrogen-bond acceptors (Lipinski definition) is 5. The van der Waals surface area contributed by atoms with E-state index in [2.05, 4.69) is 0 Å². The molecule has 122 valence electrons. The van der Waals surface area contributed by atoms with Gasteiger partial charge in [-0.1, -0.05) is 13.8 Å². The molecule has 1 amide bonds. The Kier molecular flexibility index (Phi) is 5.61. The smallest absolute Gasteiger partial charge is 0.411 e. The fourth-order valence-corrected chi connectivity index (χ4v) is 2.53. The van der Waals surface area contributed by atoms with Crippen LogP contribution in [0.3, 0.4) is 0 Å². The number of nitrogens with zero attached hydrogens (tertiary/aromatic N) is 2. The molecule has 0 saturated carbocycles. The van der Waals surface area contributed by atoms with Crippen molar-refractivity contribution < 1.29 is 19.1 Å². The average Bonchev–Trinajstić information content (AvgIpc) is 2.34. The van der Waals surface area contributed by atoms with Crippen LogP contribution < -0.4 is 0 Å². The van der Waals surface area contributed by atoms with Crippen molar-refractivity contribution in [3.8, 4) is 0 Å². The minimum absolute atomic E-state index is 0.0808. The van der Waals surface area contributed by atoms with Crippen molar-refractivity contribution in [2.45, 2.75) is 52.3 Å². The van der Waals surface area contributed by atoms with Gasteiger partial charge in [-0.25, -0.2) is 9.59 Å². The maximum absolute atomic E-state index is 12.5. The summed E-state index contributed by atoms with van der Waals surface area (Å²) >= 11 is 0. The number of esters is 1. The lowest BCUT2D eigenvalue weighted by Crippen LogP contribution is -2.64. The van der Waals surface area contributed by atoms with E-state index in [0.717, 1.165) is 0 Å². The molecule has 6 heteroatoms. The van der Waals surface area contributed by atoms with E-state index in [0.29, 0.717) is 13.1 Å². The van der Waals surface area contributed by atoms with Crippen LogP contribution in [0.4, 0.5) is 4.79 Å². The second kappa shape index (κ2) is 6.64. The number of ether oxygens (including phenoxy) is 2. The number of carbonyl (C=O) groups is 2. The summed E-state index contributed by atoms with van der Waals surface area (Å²) in [6, 6.07) is -0.710. The van der Waals surface area contributed by atoms with Crippen LogP contribution in [0.1, 0.15) is 34.6 Å². The van der Waals surface area contributed by atoms with E-state index in [-0.39, 0.29) is 12.0 Å². The van der Waals surface area contributed by atoms with Gasteiger partial charge in [-0.15, -0.1) is 0 Å². The van der Waals surface area contributed by atoms with Crippen molar-refractivity contribution >= 4 is 12.1 Å². The predicted molar refractivity (Wildman–Crippen MR) is 80.0 cm³/mol. The molecule has 2 atom stereocenters. The second-order valence-electron chi connectivity index (χ2n) is 6.96. The van der Waals surface area contributed by atoms with Crippen LogP contribution in [-0.4, -0.2) is 66.8 Å². The summed E-state index contributed by atoms with van der Waals surface area (Å²) < 4.78 is 10.3. The van der Waals surface area contributed by atoms with E-state index in [9.17, 15) is 9.59 Å². The Balaban J connectivity index is 3.08. The highest BCUT2D eigenvalue weighted by molar-refractivity contribution is 5.82. The van der Waals surface area contributed by atoms with Gasteiger partial charge in [-0.3, -0.25) is 4.90 Å². The summed E-state index contributed by atoms with van der Waals surface area (Å²) in [4.78, 5) is 28.2. The van der Waals surface area contributed by atoms with Gasteiger partial charge in [0.15, 0.2) is 0 Å². The maximum Gasteiger partial charge on any atom is 0.411 e. The number of hydrogen-bond donors (Lipinski definition) is 0. The second-order valence-corrected chi connectivity index (χ2v) is 6.96. The van der Waals surface area contributed by atoms with Crippen molar-refractivity contribution in [3.63, 3.8) is 0 Å². The Hall–Kier alpha value is -1.30. The summed E-state index contributed by atoms with van der Waals surface area (Å²) in [6.07, 6.45) is -0.454. The first-order valence-electron chi connectivity index (χ1n) is 7.34. The Labute approximate surface area is 127 Å². The Morgan fingerprint density at radius 1 is 1.19 bits per heavy atom. The fraction of sp³-hybridized carbons (Fsp3) is 0.867. The molecule has 1 fully saturated rings. The molecular weight excluding hydrogens is 272 g/mol. The molecule has 1 rings (SSSR count). The number of methoxy groups -OCH3 is 1. The van der Waals surface area contributed by atoms with Crippen LogP contribution in [-0.2, 0) is 14.3 Å². The van der Waals surface area contributed by atoms with Crippen molar-refractivity contribution in [3.05, 3.63) is 0 Å². The molecule has 0 bridgehead atoms. The van der Waals surface area contributed by atoms with E-state index in [4.69, 9.17) is 9.47 Å². The summed E-state index contributed by atoms with van der Waals surface area (Å²) in [6.45, 7) is 10.7. The van der Waals surface area contributed by atoms with E-state index < -0.39 is 23.7 Å². The van der Waals surface area contributed by atoms with Crippen molar-refractivity contribution in [1.29, 1.82) is 0 Å². The predicted octanol–water partition coefficient (Wildman–Crippen LogP) is 1.74. The highest BCUT2D eigenvalue weighted by Gasteiger charge is 2.43. The normalized spacial score (nSPS) is 24.1. The monoisotopic (exact) mass is 300 g/mol. The molecule has 0 aromatic carbocycles. The molecule has 0 aromatic rings. The van der Waals surface area contributed by atoms with Crippen LogP contribution in [0.15, 0.2) is 0 Å². The van der Waals surface area contributed by atoms with Crippen LogP contribution >= 0.6 is 0 Å². The Bertz CT molecular complexity index is 390. The fourth-order valence-electron chi connectivity index (χ4n) is 2.53.